The number of aliphatic hydroxyl groups excluding tert-OH is 1. The minimum absolute atomic E-state index is 0.0241. The quantitative estimate of drug-likeness (QED) is 0.0883. The molecule has 0 saturated carbocycles. The molecule has 2 aliphatic rings. The number of nitrogens with zero attached hydrogens (tertiary/aromatic N) is 1. The molecule has 0 aromatic heterocycles. The maximum Gasteiger partial charge on any atom is 0.243 e. The highest BCUT2D eigenvalue weighted by Gasteiger charge is 2.37. The minimum atomic E-state index is -0.882. The number of carbonyl (C=O) groups is 2. The number of amides is 2. The number of carbonyl (C=O) groups excluding carboxylic acids is 2. The van der Waals surface area contributed by atoms with Gasteiger partial charge in [0, 0.05) is 55.2 Å². The van der Waals surface area contributed by atoms with Crippen molar-refractivity contribution in [2.75, 3.05) is 25.0 Å². The van der Waals surface area contributed by atoms with E-state index in [9.17, 15) is 19.8 Å². The van der Waals surface area contributed by atoms with Crippen molar-refractivity contribution in [1.29, 1.82) is 0 Å². The zero-order chi connectivity index (χ0) is 33.2. The van der Waals surface area contributed by atoms with E-state index in [2.05, 4.69) is 10.2 Å². The van der Waals surface area contributed by atoms with Gasteiger partial charge in [0.25, 0.3) is 0 Å². The second-order valence-electron chi connectivity index (χ2n) is 12.5. The van der Waals surface area contributed by atoms with Crippen LogP contribution < -0.4 is 10.8 Å². The molecule has 11 heteroatoms. The third-order valence-electron chi connectivity index (χ3n) is 9.04. The molecule has 3 aromatic carbocycles. The zero-order valence-electron chi connectivity index (χ0n) is 26.4. The maximum absolute atomic E-state index is 12.4. The summed E-state index contributed by atoms with van der Waals surface area (Å²) in [7, 11) is 0. The molecule has 3 atom stereocenters. The second kappa shape index (κ2) is 16.7. The monoisotopic (exact) mass is 665 g/mol. The molecule has 0 spiro atoms. The highest BCUT2D eigenvalue weighted by Crippen LogP contribution is 2.39. The van der Waals surface area contributed by atoms with E-state index in [1.807, 2.05) is 72.8 Å². The van der Waals surface area contributed by atoms with Crippen LogP contribution in [0, 0.1) is 0 Å². The lowest BCUT2D eigenvalue weighted by atomic mass is 9.84. The van der Waals surface area contributed by atoms with E-state index in [1.54, 1.807) is 5.48 Å². The van der Waals surface area contributed by atoms with Crippen LogP contribution in [0.1, 0.15) is 86.0 Å². The molecule has 2 aliphatic heterocycles. The Labute approximate surface area is 280 Å². The van der Waals surface area contributed by atoms with Gasteiger partial charge in [-0.1, -0.05) is 66.6 Å². The first kappa shape index (κ1) is 35.0. The minimum Gasteiger partial charge on any atom is -0.392 e. The molecule has 2 saturated heterocycles. The molecule has 2 heterocycles. The van der Waals surface area contributed by atoms with Gasteiger partial charge >= 0.3 is 0 Å². The number of benzene rings is 3. The molecule has 3 aromatic rings. The number of anilines is 1. The normalized spacial score (nSPS) is 21.2. The smallest absolute Gasteiger partial charge is 0.243 e. The molecule has 2 fully saturated rings. The number of likely N-dealkylation sites (tertiary alicyclic amines) is 1. The van der Waals surface area contributed by atoms with E-state index in [0.29, 0.717) is 62.2 Å². The van der Waals surface area contributed by atoms with E-state index in [-0.39, 0.29) is 31.1 Å². The number of rotatable bonds is 13. The largest absolute Gasteiger partial charge is 0.392 e. The molecule has 0 bridgehead atoms. The van der Waals surface area contributed by atoms with Gasteiger partial charge in [0.15, 0.2) is 6.29 Å². The second-order valence-corrected chi connectivity index (χ2v) is 12.9. The van der Waals surface area contributed by atoms with E-state index in [0.717, 1.165) is 35.3 Å². The van der Waals surface area contributed by atoms with Gasteiger partial charge < -0.3 is 29.9 Å². The van der Waals surface area contributed by atoms with Gasteiger partial charge in [-0.25, -0.2) is 5.48 Å². The first-order valence-corrected chi connectivity index (χ1v) is 16.7. The molecule has 5 rings (SSSR count). The SMILES string of the molecule is O=C(CCCCCC(=O)Nc1ccc(C2OC(CN3CCC(O)(c4ccc(Cl)cc4)CC3)CC(c3ccc(CO)cc3)O2)cc1)NO. The van der Waals surface area contributed by atoms with Crippen molar-refractivity contribution in [2.24, 2.45) is 0 Å². The highest BCUT2D eigenvalue weighted by molar-refractivity contribution is 6.30. The summed E-state index contributed by atoms with van der Waals surface area (Å²) in [5.41, 5.74) is 4.97. The van der Waals surface area contributed by atoms with Crippen LogP contribution in [0.2, 0.25) is 5.02 Å². The Morgan fingerprint density at radius 2 is 1.49 bits per heavy atom. The number of hydroxylamine groups is 1. The molecular weight excluding hydrogens is 622 g/mol. The molecular formula is C36H44ClN3O7. The summed E-state index contributed by atoms with van der Waals surface area (Å²) in [5, 5.41) is 33.0. The lowest BCUT2D eigenvalue weighted by Crippen LogP contribution is -2.46. The Morgan fingerprint density at radius 1 is 0.851 bits per heavy atom. The van der Waals surface area contributed by atoms with Gasteiger partial charge in [-0.2, -0.15) is 0 Å². The molecule has 252 valence electrons. The van der Waals surface area contributed by atoms with Crippen molar-refractivity contribution in [3.05, 3.63) is 100 Å². The van der Waals surface area contributed by atoms with E-state index in [4.69, 9.17) is 26.3 Å². The van der Waals surface area contributed by atoms with Gasteiger partial charge in [0.1, 0.15) is 0 Å². The van der Waals surface area contributed by atoms with Crippen LogP contribution >= 0.6 is 11.6 Å². The predicted octanol–water partition coefficient (Wildman–Crippen LogP) is 5.76. The number of piperidine rings is 1. The van der Waals surface area contributed by atoms with Crippen molar-refractivity contribution in [2.45, 2.75) is 82.1 Å². The molecule has 10 nitrogen and oxygen atoms in total. The van der Waals surface area contributed by atoms with Crippen molar-refractivity contribution in [3.63, 3.8) is 0 Å². The maximum atomic E-state index is 12.4. The number of hydrogen-bond acceptors (Lipinski definition) is 8. The molecule has 5 N–H and O–H groups in total. The van der Waals surface area contributed by atoms with Crippen LogP contribution in [0.25, 0.3) is 0 Å². The molecule has 3 unspecified atom stereocenters. The van der Waals surface area contributed by atoms with Crippen molar-refractivity contribution in [3.8, 4) is 0 Å². The summed E-state index contributed by atoms with van der Waals surface area (Å²) in [4.78, 5) is 25.9. The Kier molecular flexibility index (Phi) is 12.4. The zero-order valence-corrected chi connectivity index (χ0v) is 27.2. The fraction of sp³-hybridized carbons (Fsp3) is 0.444. The number of hydrogen-bond donors (Lipinski definition) is 5. The van der Waals surface area contributed by atoms with Crippen LogP contribution in [0.3, 0.4) is 0 Å². The number of aliphatic hydroxyl groups is 2. The molecule has 0 radical (unpaired) electrons. The summed E-state index contributed by atoms with van der Waals surface area (Å²) in [5.74, 6) is -0.530. The standard InChI is InChI=1S/C36H44ClN3O7/c37-29-14-12-28(13-15-29)36(44)18-20-40(21-19-36)23-31-22-32(26-8-6-25(24-41)7-9-26)47-35(46-31)27-10-16-30(17-11-27)38-33(42)4-2-1-3-5-34(43)39-45/h6-17,31-32,35,41,44-45H,1-5,18-24H2,(H,38,42)(H,39,43). The topological polar surface area (TPSA) is 141 Å². The Balaban J connectivity index is 1.20. The average Bonchev–Trinajstić information content (AvgIpc) is 3.09. The summed E-state index contributed by atoms with van der Waals surface area (Å²) < 4.78 is 13.0. The van der Waals surface area contributed by atoms with Gasteiger partial charge in [-0.3, -0.25) is 14.8 Å². The van der Waals surface area contributed by atoms with E-state index >= 15 is 0 Å². The van der Waals surface area contributed by atoms with Gasteiger partial charge in [0.05, 0.1) is 24.4 Å². The third kappa shape index (κ3) is 9.84. The lowest BCUT2D eigenvalue weighted by Gasteiger charge is -2.42. The Hall–Kier alpha value is -3.35. The van der Waals surface area contributed by atoms with E-state index < -0.39 is 17.8 Å². The van der Waals surface area contributed by atoms with Gasteiger partial charge in [-0.05, 0) is 66.6 Å². The van der Waals surface area contributed by atoms with Crippen LogP contribution in [-0.2, 0) is 31.3 Å². The molecule has 47 heavy (non-hydrogen) atoms. The number of unbranched alkanes of at least 4 members (excludes halogenated alkanes) is 2. The number of nitrogens with one attached hydrogen (secondary N) is 2. The van der Waals surface area contributed by atoms with Gasteiger partial charge in [-0.15, -0.1) is 0 Å². The Bertz CT molecular complexity index is 1440. The number of ether oxygens (including phenoxy) is 2. The highest BCUT2D eigenvalue weighted by atomic mass is 35.5. The average molecular weight is 666 g/mol. The Morgan fingerprint density at radius 3 is 2.13 bits per heavy atom. The fourth-order valence-electron chi connectivity index (χ4n) is 6.23. The lowest BCUT2D eigenvalue weighted by molar-refractivity contribution is -0.253. The first-order chi connectivity index (χ1) is 22.7. The van der Waals surface area contributed by atoms with Crippen LogP contribution in [0.15, 0.2) is 72.8 Å². The summed E-state index contributed by atoms with van der Waals surface area (Å²) >= 11 is 6.06. The van der Waals surface area contributed by atoms with Crippen LogP contribution in [0.4, 0.5) is 5.69 Å². The third-order valence-corrected chi connectivity index (χ3v) is 9.29. The molecule has 0 aliphatic carbocycles. The predicted molar refractivity (Wildman–Crippen MR) is 178 cm³/mol. The van der Waals surface area contributed by atoms with Crippen molar-refractivity contribution < 1.29 is 34.5 Å². The van der Waals surface area contributed by atoms with E-state index in [1.165, 1.54) is 0 Å². The first-order valence-electron chi connectivity index (χ1n) is 16.3. The summed E-state index contributed by atoms with van der Waals surface area (Å²) in [6.07, 6.45) is 3.45. The number of halogens is 1. The molecule has 2 amide bonds. The fourth-order valence-corrected chi connectivity index (χ4v) is 6.35. The van der Waals surface area contributed by atoms with Crippen LogP contribution in [-0.4, -0.2) is 57.9 Å². The summed E-state index contributed by atoms with van der Waals surface area (Å²) in [6.45, 7) is 2.13. The van der Waals surface area contributed by atoms with Gasteiger partial charge in [0.2, 0.25) is 11.8 Å². The van der Waals surface area contributed by atoms with Crippen molar-refractivity contribution in [1.82, 2.24) is 10.4 Å². The summed E-state index contributed by atoms with van der Waals surface area (Å²) in [6, 6.07) is 22.7. The van der Waals surface area contributed by atoms with Crippen molar-refractivity contribution >= 4 is 29.1 Å². The van der Waals surface area contributed by atoms with Crippen LogP contribution in [0.5, 0.6) is 0 Å².